The number of nitrogens with zero attached hydrogens (tertiary/aromatic N) is 1. The lowest BCUT2D eigenvalue weighted by Gasteiger charge is -2.24. The summed E-state index contributed by atoms with van der Waals surface area (Å²) >= 11 is 0. The Morgan fingerprint density at radius 1 is 1.45 bits per heavy atom. The lowest BCUT2D eigenvalue weighted by Crippen LogP contribution is -2.31. The van der Waals surface area contributed by atoms with Gasteiger partial charge in [-0.05, 0) is 44.9 Å². The molecule has 1 amide bonds. The maximum atomic E-state index is 12.4. The second kappa shape index (κ2) is 6.53. The predicted molar refractivity (Wildman–Crippen MR) is 87.7 cm³/mol. The summed E-state index contributed by atoms with van der Waals surface area (Å²) in [5.41, 5.74) is 0.875. The van der Waals surface area contributed by atoms with Crippen molar-refractivity contribution in [2.24, 2.45) is 0 Å². The molecule has 2 aromatic rings. The van der Waals surface area contributed by atoms with Crippen LogP contribution in [0, 0.1) is 0 Å². The normalized spacial score (nSPS) is 19.5. The number of rotatable bonds is 5. The van der Waals surface area contributed by atoms with Crippen LogP contribution in [0.3, 0.4) is 0 Å². The first kappa shape index (κ1) is 15.1. The summed E-state index contributed by atoms with van der Waals surface area (Å²) in [6.45, 7) is 3.10. The summed E-state index contributed by atoms with van der Waals surface area (Å²) < 4.78 is 5.87. The summed E-state index contributed by atoms with van der Waals surface area (Å²) in [5, 5.41) is 4.52. The molecule has 1 fully saturated rings. The first-order valence-corrected chi connectivity index (χ1v) is 8.12. The Labute approximate surface area is 131 Å². The van der Waals surface area contributed by atoms with Crippen molar-refractivity contribution in [3.8, 4) is 0 Å². The van der Waals surface area contributed by atoms with E-state index >= 15 is 0 Å². The van der Waals surface area contributed by atoms with Gasteiger partial charge in [0, 0.05) is 24.9 Å². The fourth-order valence-electron chi connectivity index (χ4n) is 3.09. The lowest BCUT2D eigenvalue weighted by molar-refractivity contribution is -0.132. The Balaban J connectivity index is 1.62. The molecule has 2 heterocycles. The highest BCUT2D eigenvalue weighted by Crippen LogP contribution is 2.27. The standard InChI is InChI=1S/C18H24N2O2/c1-13(17-12-14-6-3-4-8-16(14)22-17)20(2)18(21)10-9-15-7-5-11-19-15/h3-4,6,8,12-13,15,19H,5,7,9-11H2,1-2H3. The van der Waals surface area contributed by atoms with Crippen molar-refractivity contribution in [3.63, 3.8) is 0 Å². The molecular weight excluding hydrogens is 276 g/mol. The molecule has 0 saturated carbocycles. The van der Waals surface area contributed by atoms with Gasteiger partial charge >= 0.3 is 0 Å². The minimum atomic E-state index is -0.0450. The molecular formula is C18H24N2O2. The van der Waals surface area contributed by atoms with E-state index in [1.165, 1.54) is 12.8 Å². The zero-order valence-corrected chi connectivity index (χ0v) is 13.3. The molecule has 0 spiro atoms. The van der Waals surface area contributed by atoms with Gasteiger partial charge in [-0.1, -0.05) is 18.2 Å². The average Bonchev–Trinajstić information content (AvgIpc) is 3.19. The van der Waals surface area contributed by atoms with Gasteiger partial charge in [-0.3, -0.25) is 4.79 Å². The van der Waals surface area contributed by atoms with Crippen LogP contribution >= 0.6 is 0 Å². The molecule has 0 radical (unpaired) electrons. The van der Waals surface area contributed by atoms with Gasteiger partial charge < -0.3 is 14.6 Å². The van der Waals surface area contributed by atoms with Crippen LogP contribution in [0.1, 0.15) is 44.4 Å². The predicted octanol–water partition coefficient (Wildman–Crippen LogP) is 3.48. The number of furan rings is 1. The van der Waals surface area contributed by atoms with E-state index in [2.05, 4.69) is 5.32 Å². The van der Waals surface area contributed by atoms with E-state index in [1.807, 2.05) is 44.3 Å². The second-order valence-electron chi connectivity index (χ2n) is 6.20. The SMILES string of the molecule is CC(c1cc2ccccc2o1)N(C)C(=O)CCC1CCCN1. The molecule has 4 nitrogen and oxygen atoms in total. The Bertz CT molecular complexity index is 610. The molecule has 3 rings (SSSR count). The van der Waals surface area contributed by atoms with E-state index in [-0.39, 0.29) is 11.9 Å². The first-order chi connectivity index (χ1) is 10.6. The molecule has 1 saturated heterocycles. The van der Waals surface area contributed by atoms with Crippen LogP contribution in [0.2, 0.25) is 0 Å². The summed E-state index contributed by atoms with van der Waals surface area (Å²) in [6, 6.07) is 10.4. The Morgan fingerprint density at radius 3 is 3.00 bits per heavy atom. The van der Waals surface area contributed by atoms with Gasteiger partial charge in [0.25, 0.3) is 0 Å². The molecule has 22 heavy (non-hydrogen) atoms. The van der Waals surface area contributed by atoms with Crippen LogP contribution in [0.5, 0.6) is 0 Å². The van der Waals surface area contributed by atoms with Crippen LogP contribution < -0.4 is 5.32 Å². The minimum absolute atomic E-state index is 0.0450. The number of nitrogens with one attached hydrogen (secondary N) is 1. The van der Waals surface area contributed by atoms with E-state index in [9.17, 15) is 4.79 Å². The Morgan fingerprint density at radius 2 is 2.27 bits per heavy atom. The summed E-state index contributed by atoms with van der Waals surface area (Å²) in [6.07, 6.45) is 3.94. The van der Waals surface area contributed by atoms with Crippen LogP contribution in [0.4, 0.5) is 0 Å². The minimum Gasteiger partial charge on any atom is -0.459 e. The Kier molecular flexibility index (Phi) is 4.48. The average molecular weight is 300 g/mol. The lowest BCUT2D eigenvalue weighted by atomic mass is 10.1. The monoisotopic (exact) mass is 300 g/mol. The number of amides is 1. The number of fused-ring (bicyclic) bond motifs is 1. The number of para-hydroxylation sites is 1. The van der Waals surface area contributed by atoms with E-state index in [0.29, 0.717) is 12.5 Å². The van der Waals surface area contributed by atoms with Gasteiger partial charge in [-0.25, -0.2) is 0 Å². The molecule has 0 aliphatic carbocycles. The zero-order chi connectivity index (χ0) is 15.5. The molecule has 2 unspecified atom stereocenters. The fraction of sp³-hybridized carbons (Fsp3) is 0.500. The van der Waals surface area contributed by atoms with Gasteiger partial charge in [0.05, 0.1) is 6.04 Å². The van der Waals surface area contributed by atoms with Crippen LogP contribution in [0.15, 0.2) is 34.7 Å². The highest BCUT2D eigenvalue weighted by molar-refractivity contribution is 5.79. The van der Waals surface area contributed by atoms with E-state index < -0.39 is 0 Å². The molecule has 1 aliphatic heterocycles. The molecule has 1 aliphatic rings. The maximum Gasteiger partial charge on any atom is 0.222 e. The van der Waals surface area contributed by atoms with Crippen molar-refractivity contribution in [2.45, 2.75) is 44.7 Å². The van der Waals surface area contributed by atoms with Crippen molar-refractivity contribution >= 4 is 16.9 Å². The van der Waals surface area contributed by atoms with Crippen molar-refractivity contribution in [1.29, 1.82) is 0 Å². The molecule has 4 heteroatoms. The third-order valence-electron chi connectivity index (χ3n) is 4.70. The molecule has 0 bridgehead atoms. The van der Waals surface area contributed by atoms with E-state index in [4.69, 9.17) is 4.42 Å². The van der Waals surface area contributed by atoms with Crippen LogP contribution in [0.25, 0.3) is 11.0 Å². The highest BCUT2D eigenvalue weighted by atomic mass is 16.3. The van der Waals surface area contributed by atoms with Crippen molar-refractivity contribution in [1.82, 2.24) is 10.2 Å². The van der Waals surface area contributed by atoms with Crippen LogP contribution in [-0.4, -0.2) is 30.4 Å². The summed E-state index contributed by atoms with van der Waals surface area (Å²) in [5.74, 6) is 1.03. The molecule has 1 aromatic carbocycles. The van der Waals surface area contributed by atoms with Gasteiger partial charge in [-0.15, -0.1) is 0 Å². The molecule has 2 atom stereocenters. The third kappa shape index (κ3) is 3.17. The number of benzene rings is 1. The first-order valence-electron chi connectivity index (χ1n) is 8.12. The van der Waals surface area contributed by atoms with Gasteiger partial charge in [0.1, 0.15) is 11.3 Å². The van der Waals surface area contributed by atoms with E-state index in [1.54, 1.807) is 4.90 Å². The molecule has 1 N–H and O–H groups in total. The van der Waals surface area contributed by atoms with E-state index in [0.717, 1.165) is 29.7 Å². The van der Waals surface area contributed by atoms with Gasteiger partial charge in [0.2, 0.25) is 5.91 Å². The number of hydrogen-bond donors (Lipinski definition) is 1. The smallest absolute Gasteiger partial charge is 0.222 e. The van der Waals surface area contributed by atoms with Gasteiger partial charge in [0.15, 0.2) is 0 Å². The summed E-state index contributed by atoms with van der Waals surface area (Å²) in [4.78, 5) is 14.2. The quantitative estimate of drug-likeness (QED) is 0.919. The topological polar surface area (TPSA) is 45.5 Å². The van der Waals surface area contributed by atoms with Crippen molar-refractivity contribution < 1.29 is 9.21 Å². The number of hydrogen-bond acceptors (Lipinski definition) is 3. The zero-order valence-electron chi connectivity index (χ0n) is 13.3. The largest absolute Gasteiger partial charge is 0.459 e. The van der Waals surface area contributed by atoms with Crippen LogP contribution in [-0.2, 0) is 4.79 Å². The molecule has 1 aromatic heterocycles. The van der Waals surface area contributed by atoms with Gasteiger partial charge in [-0.2, -0.15) is 0 Å². The fourth-order valence-corrected chi connectivity index (χ4v) is 3.09. The third-order valence-corrected chi connectivity index (χ3v) is 4.70. The summed E-state index contributed by atoms with van der Waals surface area (Å²) in [7, 11) is 1.86. The van der Waals surface area contributed by atoms with Crippen molar-refractivity contribution in [2.75, 3.05) is 13.6 Å². The maximum absolute atomic E-state index is 12.4. The van der Waals surface area contributed by atoms with Crippen molar-refractivity contribution in [3.05, 3.63) is 36.1 Å². The number of carbonyl (C=O) groups is 1. The highest BCUT2D eigenvalue weighted by Gasteiger charge is 2.22. The molecule has 118 valence electrons. The number of carbonyl (C=O) groups excluding carboxylic acids is 1. The Hall–Kier alpha value is -1.81. The second-order valence-corrected chi connectivity index (χ2v) is 6.20.